The van der Waals surface area contributed by atoms with Gasteiger partial charge in [-0.25, -0.2) is 4.98 Å². The van der Waals surface area contributed by atoms with Gasteiger partial charge in [-0.1, -0.05) is 23.4 Å². The number of nitrogens with zero attached hydrogens (tertiary/aromatic N) is 6. The van der Waals surface area contributed by atoms with Crippen molar-refractivity contribution in [1.29, 1.82) is 0 Å². The van der Waals surface area contributed by atoms with Gasteiger partial charge in [-0.15, -0.1) is 24.0 Å². The second-order valence-electron chi connectivity index (χ2n) is 7.06. The average molecular weight is 546 g/mol. The summed E-state index contributed by atoms with van der Waals surface area (Å²) in [6, 6.07) is 13.8. The predicted octanol–water partition coefficient (Wildman–Crippen LogP) is 3.21. The smallest absolute Gasteiger partial charge is 0.276 e. The standard InChI is InChI=1S/C22H26N8O.HI/c1-16-27-17-8-3-4-10-19(17)30(16)15-7-13-25-22(23-2)26-14-11-20-28-21(31-29-20)18-9-5-6-12-24-18;/h3-6,8-10,12H,7,11,13-15H2,1-2H3,(H2,23,25,26);1H. The largest absolute Gasteiger partial charge is 0.356 e. The highest BCUT2D eigenvalue weighted by Crippen LogP contribution is 2.15. The highest BCUT2D eigenvalue weighted by atomic mass is 127. The maximum absolute atomic E-state index is 5.28. The Morgan fingerprint density at radius 2 is 1.88 bits per heavy atom. The zero-order valence-electron chi connectivity index (χ0n) is 18.2. The number of nitrogens with one attached hydrogen (secondary N) is 2. The molecule has 1 aromatic carbocycles. The van der Waals surface area contributed by atoms with E-state index < -0.39 is 0 Å². The molecule has 9 nitrogen and oxygen atoms in total. The molecule has 3 aromatic heterocycles. The fourth-order valence-electron chi connectivity index (χ4n) is 3.38. The number of guanidine groups is 1. The van der Waals surface area contributed by atoms with Crippen LogP contribution < -0.4 is 10.6 Å². The number of halogens is 1. The summed E-state index contributed by atoms with van der Waals surface area (Å²) < 4.78 is 7.54. The number of aromatic nitrogens is 5. The van der Waals surface area contributed by atoms with Crippen molar-refractivity contribution in [2.45, 2.75) is 26.3 Å². The molecule has 0 radical (unpaired) electrons. The molecule has 0 saturated heterocycles. The number of aryl methyl sites for hydroxylation is 2. The molecule has 168 valence electrons. The van der Waals surface area contributed by atoms with Crippen LogP contribution in [0.1, 0.15) is 18.1 Å². The van der Waals surface area contributed by atoms with Gasteiger partial charge in [0, 0.05) is 39.3 Å². The first kappa shape index (κ1) is 23.6. The van der Waals surface area contributed by atoms with Gasteiger partial charge in [0.2, 0.25) is 0 Å². The summed E-state index contributed by atoms with van der Waals surface area (Å²) in [5, 5.41) is 10.6. The molecule has 0 aliphatic carbocycles. The quantitative estimate of drug-likeness (QED) is 0.151. The summed E-state index contributed by atoms with van der Waals surface area (Å²) in [6.45, 7) is 4.39. The van der Waals surface area contributed by atoms with Crippen LogP contribution in [0.5, 0.6) is 0 Å². The number of imidazole rings is 1. The molecule has 4 aromatic rings. The third-order valence-corrected chi connectivity index (χ3v) is 4.91. The Morgan fingerprint density at radius 1 is 1.06 bits per heavy atom. The van der Waals surface area contributed by atoms with E-state index >= 15 is 0 Å². The van der Waals surface area contributed by atoms with Crippen LogP contribution in [0, 0.1) is 6.92 Å². The van der Waals surface area contributed by atoms with Crippen LogP contribution in [0.25, 0.3) is 22.6 Å². The van der Waals surface area contributed by atoms with Crippen LogP contribution in [0.15, 0.2) is 58.2 Å². The number of benzene rings is 1. The van der Waals surface area contributed by atoms with E-state index in [0.29, 0.717) is 30.4 Å². The van der Waals surface area contributed by atoms with Gasteiger partial charge in [-0.3, -0.25) is 9.98 Å². The first-order valence-electron chi connectivity index (χ1n) is 10.3. The van der Waals surface area contributed by atoms with Crippen LogP contribution in [0.2, 0.25) is 0 Å². The lowest BCUT2D eigenvalue weighted by Gasteiger charge is -2.12. The monoisotopic (exact) mass is 546 g/mol. The zero-order chi connectivity index (χ0) is 21.5. The molecule has 0 fully saturated rings. The van der Waals surface area contributed by atoms with Crippen LogP contribution in [0.3, 0.4) is 0 Å². The van der Waals surface area contributed by atoms with Gasteiger partial charge < -0.3 is 19.7 Å². The summed E-state index contributed by atoms with van der Waals surface area (Å²) in [4.78, 5) is 17.5. The van der Waals surface area contributed by atoms with Gasteiger partial charge in [0.15, 0.2) is 11.8 Å². The number of fused-ring (bicyclic) bond motifs is 1. The number of hydrogen-bond donors (Lipinski definition) is 2. The van der Waals surface area contributed by atoms with Crippen molar-refractivity contribution in [3.05, 3.63) is 60.3 Å². The number of rotatable bonds is 8. The van der Waals surface area contributed by atoms with Crippen LogP contribution >= 0.6 is 24.0 Å². The van der Waals surface area contributed by atoms with Crippen molar-refractivity contribution in [3.8, 4) is 11.6 Å². The third kappa shape index (κ3) is 5.81. The molecule has 0 aliphatic rings. The van der Waals surface area contributed by atoms with E-state index in [1.807, 2.05) is 43.3 Å². The summed E-state index contributed by atoms with van der Waals surface area (Å²) >= 11 is 0. The summed E-state index contributed by atoms with van der Waals surface area (Å²) in [5.74, 6) is 2.85. The molecule has 0 unspecified atom stereocenters. The lowest BCUT2D eigenvalue weighted by molar-refractivity contribution is 0.421. The summed E-state index contributed by atoms with van der Waals surface area (Å²) in [5.41, 5.74) is 2.89. The Morgan fingerprint density at radius 3 is 2.69 bits per heavy atom. The SMILES string of the molecule is CN=C(NCCCn1c(C)nc2ccccc21)NCCc1noc(-c2ccccn2)n1.I. The first-order chi connectivity index (χ1) is 15.2. The average Bonchev–Trinajstić information content (AvgIpc) is 3.40. The minimum absolute atomic E-state index is 0. The van der Waals surface area contributed by atoms with E-state index in [4.69, 9.17) is 4.52 Å². The molecular formula is C22H27IN8O. The molecule has 0 spiro atoms. The van der Waals surface area contributed by atoms with Crippen molar-refractivity contribution in [2.75, 3.05) is 20.1 Å². The van der Waals surface area contributed by atoms with Crippen LogP contribution in [-0.4, -0.2) is 50.8 Å². The molecule has 0 bridgehead atoms. The minimum atomic E-state index is 0. The van der Waals surface area contributed by atoms with E-state index in [-0.39, 0.29) is 24.0 Å². The molecule has 4 rings (SSSR count). The van der Waals surface area contributed by atoms with Crippen molar-refractivity contribution >= 4 is 41.0 Å². The van der Waals surface area contributed by atoms with Gasteiger partial charge in [0.25, 0.3) is 5.89 Å². The molecular weight excluding hydrogens is 519 g/mol. The highest BCUT2D eigenvalue weighted by molar-refractivity contribution is 14.0. The lowest BCUT2D eigenvalue weighted by atomic mass is 10.3. The van der Waals surface area contributed by atoms with E-state index in [2.05, 4.69) is 46.4 Å². The maximum atomic E-state index is 5.28. The molecule has 0 atom stereocenters. The second kappa shape index (κ2) is 11.6. The summed E-state index contributed by atoms with van der Waals surface area (Å²) in [7, 11) is 1.76. The Labute approximate surface area is 203 Å². The maximum Gasteiger partial charge on any atom is 0.276 e. The molecule has 10 heteroatoms. The number of hydrogen-bond acceptors (Lipinski definition) is 6. The van der Waals surface area contributed by atoms with Gasteiger partial charge in [0.05, 0.1) is 11.0 Å². The van der Waals surface area contributed by atoms with Crippen molar-refractivity contribution in [3.63, 3.8) is 0 Å². The number of para-hydroxylation sites is 2. The number of aliphatic imine (C=N–C) groups is 1. The van der Waals surface area contributed by atoms with Crippen molar-refractivity contribution in [1.82, 2.24) is 35.3 Å². The molecule has 0 amide bonds. The van der Waals surface area contributed by atoms with Crippen molar-refractivity contribution < 1.29 is 4.52 Å². The van der Waals surface area contributed by atoms with E-state index in [9.17, 15) is 0 Å². The third-order valence-electron chi connectivity index (χ3n) is 4.91. The molecule has 2 N–H and O–H groups in total. The minimum Gasteiger partial charge on any atom is -0.356 e. The predicted molar refractivity (Wildman–Crippen MR) is 135 cm³/mol. The highest BCUT2D eigenvalue weighted by Gasteiger charge is 2.10. The molecule has 32 heavy (non-hydrogen) atoms. The molecule has 3 heterocycles. The van der Waals surface area contributed by atoms with E-state index in [1.165, 1.54) is 5.52 Å². The van der Waals surface area contributed by atoms with Crippen molar-refractivity contribution in [2.24, 2.45) is 4.99 Å². The zero-order valence-corrected chi connectivity index (χ0v) is 20.5. The molecule has 0 aliphatic heterocycles. The Hall–Kier alpha value is -3.02. The first-order valence-corrected chi connectivity index (χ1v) is 10.3. The topological polar surface area (TPSA) is 106 Å². The molecule has 0 saturated carbocycles. The van der Waals surface area contributed by atoms with Crippen LogP contribution in [-0.2, 0) is 13.0 Å². The van der Waals surface area contributed by atoms with Crippen LogP contribution in [0.4, 0.5) is 0 Å². The van der Waals surface area contributed by atoms with E-state index in [0.717, 1.165) is 36.8 Å². The fraction of sp³-hybridized carbons (Fsp3) is 0.318. The normalized spacial score (nSPS) is 11.4. The fourth-order valence-corrected chi connectivity index (χ4v) is 3.38. The Bertz CT molecular complexity index is 1160. The van der Waals surface area contributed by atoms with Gasteiger partial charge in [-0.2, -0.15) is 4.98 Å². The Kier molecular flexibility index (Phi) is 8.54. The van der Waals surface area contributed by atoms with Gasteiger partial charge >= 0.3 is 0 Å². The summed E-state index contributed by atoms with van der Waals surface area (Å²) in [6.07, 6.45) is 3.28. The second-order valence-corrected chi connectivity index (χ2v) is 7.06. The Balaban J connectivity index is 0.00000289. The van der Waals surface area contributed by atoms with Gasteiger partial charge in [-0.05, 0) is 37.6 Å². The van der Waals surface area contributed by atoms with Gasteiger partial charge in [0.1, 0.15) is 11.5 Å². The van der Waals surface area contributed by atoms with E-state index in [1.54, 1.807) is 13.2 Å². The lowest BCUT2D eigenvalue weighted by Crippen LogP contribution is -2.39. The number of pyridine rings is 1.